The van der Waals surface area contributed by atoms with Crippen molar-refractivity contribution in [2.24, 2.45) is 0 Å². The molecule has 3 rings (SSSR count). The fourth-order valence-electron chi connectivity index (χ4n) is 2.22. The van der Waals surface area contributed by atoms with Gasteiger partial charge in [0.25, 0.3) is 0 Å². The van der Waals surface area contributed by atoms with E-state index in [1.165, 1.54) is 5.56 Å². The molecule has 2 nitrogen and oxygen atoms in total. The Labute approximate surface area is 144 Å². The number of hydrogen-bond donors (Lipinski definition) is 0. The van der Waals surface area contributed by atoms with Crippen LogP contribution >= 0.6 is 43.5 Å². The molecule has 0 saturated carbocycles. The Balaban J connectivity index is 2.33. The van der Waals surface area contributed by atoms with Crippen LogP contribution in [0.3, 0.4) is 0 Å². The van der Waals surface area contributed by atoms with Crippen LogP contribution in [0, 0.1) is 13.8 Å². The lowest BCUT2D eigenvalue weighted by Gasteiger charge is -2.09. The summed E-state index contributed by atoms with van der Waals surface area (Å²) < 4.78 is 1.83. The molecule has 0 aliphatic carbocycles. The molecule has 0 atom stereocenters. The summed E-state index contributed by atoms with van der Waals surface area (Å²) in [5.74, 6) is 0.650. The first kappa shape index (κ1) is 14.9. The molecule has 1 heterocycles. The van der Waals surface area contributed by atoms with Gasteiger partial charge in [0.05, 0.1) is 5.52 Å². The minimum Gasteiger partial charge on any atom is -0.227 e. The van der Waals surface area contributed by atoms with Gasteiger partial charge in [0.2, 0.25) is 0 Å². The molecule has 0 unspecified atom stereocenters. The number of aromatic nitrogens is 2. The van der Waals surface area contributed by atoms with Crippen LogP contribution in [0.2, 0.25) is 5.15 Å². The van der Waals surface area contributed by atoms with Crippen LogP contribution in [0.5, 0.6) is 0 Å². The van der Waals surface area contributed by atoms with Crippen molar-refractivity contribution in [2.75, 3.05) is 0 Å². The Bertz CT molecular complexity index is 863. The molecule has 0 radical (unpaired) electrons. The maximum atomic E-state index is 6.36. The summed E-state index contributed by atoms with van der Waals surface area (Å²) >= 11 is 13.4. The molecule has 0 aliphatic rings. The first-order valence-electron chi connectivity index (χ1n) is 6.35. The SMILES string of the molecule is Cc1ccc(C)c(-c2nc(Cl)c3cc(Br)cc(Br)c3n2)c1. The standard InChI is InChI=1S/C16H11Br2ClN2/c1-8-3-4-9(2)11(5-8)16-20-14-12(15(19)21-16)6-10(17)7-13(14)18/h3-7H,1-2H3. The quantitative estimate of drug-likeness (QED) is 0.440. The third kappa shape index (κ3) is 2.85. The van der Waals surface area contributed by atoms with E-state index in [1.807, 2.05) is 19.1 Å². The Hall–Kier alpha value is -0.970. The molecule has 0 spiro atoms. The molecule has 21 heavy (non-hydrogen) atoms. The zero-order chi connectivity index (χ0) is 15.1. The summed E-state index contributed by atoms with van der Waals surface area (Å²) in [5.41, 5.74) is 4.12. The van der Waals surface area contributed by atoms with Crippen LogP contribution < -0.4 is 0 Å². The van der Waals surface area contributed by atoms with Crippen molar-refractivity contribution in [2.45, 2.75) is 13.8 Å². The largest absolute Gasteiger partial charge is 0.227 e. The Morgan fingerprint density at radius 1 is 1.00 bits per heavy atom. The lowest BCUT2D eigenvalue weighted by Crippen LogP contribution is -1.95. The highest BCUT2D eigenvalue weighted by molar-refractivity contribution is 9.11. The lowest BCUT2D eigenvalue weighted by molar-refractivity contribution is 1.20. The van der Waals surface area contributed by atoms with E-state index in [1.54, 1.807) is 0 Å². The molecule has 1 aromatic heterocycles. The van der Waals surface area contributed by atoms with Crippen molar-refractivity contribution in [3.8, 4) is 11.4 Å². The molecule has 106 valence electrons. The lowest BCUT2D eigenvalue weighted by atomic mass is 10.0. The monoisotopic (exact) mass is 424 g/mol. The number of nitrogens with zero attached hydrogens (tertiary/aromatic N) is 2. The van der Waals surface area contributed by atoms with Crippen LogP contribution in [0.25, 0.3) is 22.3 Å². The number of fused-ring (bicyclic) bond motifs is 1. The second-order valence-corrected chi connectivity index (χ2v) is 7.07. The highest BCUT2D eigenvalue weighted by Crippen LogP contribution is 2.33. The van der Waals surface area contributed by atoms with Crippen LogP contribution in [-0.2, 0) is 0 Å². The van der Waals surface area contributed by atoms with Gasteiger partial charge in [-0.15, -0.1) is 0 Å². The molecule has 0 aliphatic heterocycles. The average Bonchev–Trinajstić information content (AvgIpc) is 2.42. The van der Waals surface area contributed by atoms with Gasteiger partial charge in [-0.25, -0.2) is 9.97 Å². The molecular formula is C16H11Br2ClN2. The Morgan fingerprint density at radius 2 is 1.76 bits per heavy atom. The molecule has 0 N–H and O–H groups in total. The number of rotatable bonds is 1. The van der Waals surface area contributed by atoms with E-state index in [0.29, 0.717) is 11.0 Å². The van der Waals surface area contributed by atoms with Crippen LogP contribution in [0.15, 0.2) is 39.3 Å². The van der Waals surface area contributed by atoms with E-state index in [0.717, 1.165) is 31.0 Å². The second kappa shape index (κ2) is 5.67. The highest BCUT2D eigenvalue weighted by atomic mass is 79.9. The van der Waals surface area contributed by atoms with Crippen molar-refractivity contribution in [3.05, 3.63) is 55.6 Å². The molecule has 0 saturated heterocycles. The van der Waals surface area contributed by atoms with Gasteiger partial charge >= 0.3 is 0 Å². The fraction of sp³-hybridized carbons (Fsp3) is 0.125. The van der Waals surface area contributed by atoms with E-state index < -0.39 is 0 Å². The summed E-state index contributed by atoms with van der Waals surface area (Å²) in [6, 6.07) is 10.1. The average molecular weight is 427 g/mol. The van der Waals surface area contributed by atoms with Crippen LogP contribution in [0.1, 0.15) is 11.1 Å². The molecule has 3 aromatic rings. The number of hydrogen-bond acceptors (Lipinski definition) is 2. The van der Waals surface area contributed by atoms with Crippen molar-refractivity contribution >= 4 is 54.4 Å². The Morgan fingerprint density at radius 3 is 2.52 bits per heavy atom. The molecule has 5 heteroatoms. The summed E-state index contributed by atoms with van der Waals surface area (Å²) in [6.45, 7) is 4.10. The van der Waals surface area contributed by atoms with Crippen molar-refractivity contribution in [3.63, 3.8) is 0 Å². The van der Waals surface area contributed by atoms with Gasteiger partial charge in [-0.1, -0.05) is 45.2 Å². The summed E-state index contributed by atoms with van der Waals surface area (Å²) in [7, 11) is 0. The first-order chi connectivity index (χ1) is 9.95. The van der Waals surface area contributed by atoms with Gasteiger partial charge in [-0.2, -0.15) is 0 Å². The molecule has 0 bridgehead atoms. The maximum absolute atomic E-state index is 6.36. The van der Waals surface area contributed by atoms with Gasteiger partial charge in [0, 0.05) is 19.9 Å². The van der Waals surface area contributed by atoms with Crippen molar-refractivity contribution < 1.29 is 0 Å². The second-order valence-electron chi connectivity index (χ2n) is 4.94. The topological polar surface area (TPSA) is 25.8 Å². The van der Waals surface area contributed by atoms with E-state index >= 15 is 0 Å². The normalized spacial score (nSPS) is 11.1. The maximum Gasteiger partial charge on any atom is 0.161 e. The van der Waals surface area contributed by atoms with Crippen molar-refractivity contribution in [1.82, 2.24) is 9.97 Å². The zero-order valence-corrected chi connectivity index (χ0v) is 15.3. The number of benzene rings is 2. The van der Waals surface area contributed by atoms with Crippen LogP contribution in [-0.4, -0.2) is 9.97 Å². The third-order valence-corrected chi connectivity index (χ3v) is 4.66. The fourth-order valence-corrected chi connectivity index (χ4v) is 3.76. The summed E-state index contributed by atoms with van der Waals surface area (Å²) in [4.78, 5) is 9.15. The predicted octanol–water partition coefficient (Wildman–Crippen LogP) is 6.09. The minimum atomic E-state index is 0.456. The smallest absolute Gasteiger partial charge is 0.161 e. The highest BCUT2D eigenvalue weighted by Gasteiger charge is 2.13. The van der Waals surface area contributed by atoms with Crippen molar-refractivity contribution in [1.29, 1.82) is 0 Å². The zero-order valence-electron chi connectivity index (χ0n) is 11.4. The van der Waals surface area contributed by atoms with Gasteiger partial charge < -0.3 is 0 Å². The van der Waals surface area contributed by atoms with E-state index in [2.05, 4.69) is 67.0 Å². The van der Waals surface area contributed by atoms with E-state index in [9.17, 15) is 0 Å². The minimum absolute atomic E-state index is 0.456. The predicted molar refractivity (Wildman–Crippen MR) is 94.9 cm³/mol. The molecular weight excluding hydrogens is 415 g/mol. The number of halogens is 3. The third-order valence-electron chi connectivity index (χ3n) is 3.31. The summed E-state index contributed by atoms with van der Waals surface area (Å²) in [5, 5.41) is 1.28. The van der Waals surface area contributed by atoms with Crippen LogP contribution in [0.4, 0.5) is 0 Å². The first-order valence-corrected chi connectivity index (χ1v) is 8.32. The van der Waals surface area contributed by atoms with E-state index in [4.69, 9.17) is 11.6 Å². The van der Waals surface area contributed by atoms with Gasteiger partial charge in [0.15, 0.2) is 5.82 Å². The molecule has 0 amide bonds. The number of aryl methyl sites for hydroxylation is 2. The van der Waals surface area contributed by atoms with Gasteiger partial charge in [0.1, 0.15) is 5.15 Å². The van der Waals surface area contributed by atoms with E-state index in [-0.39, 0.29) is 0 Å². The molecule has 0 fully saturated rings. The van der Waals surface area contributed by atoms with Gasteiger partial charge in [-0.05, 0) is 53.5 Å². The van der Waals surface area contributed by atoms with Gasteiger partial charge in [-0.3, -0.25) is 0 Å². The Kier molecular flexibility index (Phi) is 4.04. The summed E-state index contributed by atoms with van der Waals surface area (Å²) in [6.07, 6.45) is 0. The molecule has 2 aromatic carbocycles.